The van der Waals surface area contributed by atoms with Crippen LogP contribution in [0.1, 0.15) is 0 Å². The molecule has 0 unspecified atom stereocenters. The number of hydrogen-bond donors (Lipinski definition) is 0. The number of benzene rings is 3. The number of anilines is 3. The molecule has 128 valence electrons. The number of methoxy groups -OCH3 is 3. The minimum Gasteiger partial charge on any atom is -0.497 e. The number of rotatable bonds is 6. The van der Waals surface area contributed by atoms with Crippen LogP contribution < -0.4 is 19.1 Å². The van der Waals surface area contributed by atoms with Crippen LogP contribution in [0.15, 0.2) is 72.8 Å². The first kappa shape index (κ1) is 16.7. The first-order valence-corrected chi connectivity index (χ1v) is 7.98. The summed E-state index contributed by atoms with van der Waals surface area (Å²) in [6.45, 7) is 0. The Morgan fingerprint density at radius 2 is 1.04 bits per heavy atom. The zero-order valence-electron chi connectivity index (χ0n) is 14.6. The molecule has 0 aliphatic carbocycles. The molecule has 0 N–H and O–H groups in total. The fraction of sp³-hybridized carbons (Fsp3) is 0.143. The Labute approximate surface area is 148 Å². The molecule has 3 rings (SSSR count). The quantitative estimate of drug-likeness (QED) is 0.621. The summed E-state index contributed by atoms with van der Waals surface area (Å²) in [5, 5.41) is 0. The van der Waals surface area contributed by atoms with Crippen molar-refractivity contribution >= 4 is 17.1 Å². The van der Waals surface area contributed by atoms with Gasteiger partial charge in [-0.05, 0) is 48.5 Å². The second kappa shape index (κ2) is 7.62. The second-order valence-corrected chi connectivity index (χ2v) is 5.38. The molecular weight excluding hydrogens is 314 g/mol. The molecule has 0 atom stereocenters. The standard InChI is InChI=1S/C21H21NO3/c1-23-17-14-12-16(13-15-17)22(18-8-4-6-10-20(18)24-2)19-9-5-7-11-21(19)25-3/h4-15H,1-3H3. The van der Waals surface area contributed by atoms with Crippen molar-refractivity contribution in [3.05, 3.63) is 72.8 Å². The average Bonchev–Trinajstić information content (AvgIpc) is 2.69. The second-order valence-electron chi connectivity index (χ2n) is 5.38. The molecule has 0 radical (unpaired) electrons. The van der Waals surface area contributed by atoms with Gasteiger partial charge < -0.3 is 19.1 Å². The van der Waals surface area contributed by atoms with E-state index >= 15 is 0 Å². The third kappa shape index (κ3) is 3.38. The molecule has 0 saturated carbocycles. The lowest BCUT2D eigenvalue weighted by Gasteiger charge is -2.28. The number of hydrogen-bond acceptors (Lipinski definition) is 4. The van der Waals surface area contributed by atoms with E-state index in [0.29, 0.717) is 0 Å². The first-order chi connectivity index (χ1) is 12.3. The molecule has 0 aromatic heterocycles. The molecule has 4 heteroatoms. The molecule has 0 spiro atoms. The summed E-state index contributed by atoms with van der Waals surface area (Å²) in [5.41, 5.74) is 2.84. The molecule has 3 aromatic rings. The van der Waals surface area contributed by atoms with E-state index < -0.39 is 0 Å². The minimum atomic E-state index is 0.782. The van der Waals surface area contributed by atoms with Crippen molar-refractivity contribution in [2.24, 2.45) is 0 Å². The van der Waals surface area contributed by atoms with Gasteiger partial charge in [-0.15, -0.1) is 0 Å². The Kier molecular flexibility index (Phi) is 5.09. The Hall–Kier alpha value is -3.14. The van der Waals surface area contributed by atoms with Gasteiger partial charge in [0.25, 0.3) is 0 Å². The first-order valence-electron chi connectivity index (χ1n) is 7.98. The van der Waals surface area contributed by atoms with Crippen molar-refractivity contribution in [3.63, 3.8) is 0 Å². The van der Waals surface area contributed by atoms with E-state index in [1.807, 2.05) is 72.8 Å². The van der Waals surface area contributed by atoms with Crippen molar-refractivity contribution in [1.29, 1.82) is 0 Å². The van der Waals surface area contributed by atoms with E-state index in [1.54, 1.807) is 21.3 Å². The van der Waals surface area contributed by atoms with Gasteiger partial charge >= 0.3 is 0 Å². The summed E-state index contributed by atoms with van der Waals surface area (Å²) in [5.74, 6) is 2.37. The summed E-state index contributed by atoms with van der Waals surface area (Å²) in [6, 6.07) is 23.7. The van der Waals surface area contributed by atoms with Crippen LogP contribution in [0.3, 0.4) is 0 Å². The highest BCUT2D eigenvalue weighted by Gasteiger charge is 2.19. The molecule has 4 nitrogen and oxygen atoms in total. The van der Waals surface area contributed by atoms with Crippen LogP contribution in [0.25, 0.3) is 0 Å². The SMILES string of the molecule is COc1ccc(N(c2ccccc2OC)c2ccccc2OC)cc1. The Balaban J connectivity index is 2.20. The van der Waals surface area contributed by atoms with Crippen LogP contribution in [-0.2, 0) is 0 Å². The van der Waals surface area contributed by atoms with Crippen molar-refractivity contribution < 1.29 is 14.2 Å². The predicted molar refractivity (Wildman–Crippen MR) is 101 cm³/mol. The van der Waals surface area contributed by atoms with Gasteiger partial charge in [0.15, 0.2) is 0 Å². The monoisotopic (exact) mass is 335 g/mol. The smallest absolute Gasteiger partial charge is 0.142 e. The van der Waals surface area contributed by atoms with E-state index in [2.05, 4.69) is 4.90 Å². The van der Waals surface area contributed by atoms with Crippen LogP contribution in [-0.4, -0.2) is 21.3 Å². The van der Waals surface area contributed by atoms with Gasteiger partial charge in [-0.3, -0.25) is 0 Å². The van der Waals surface area contributed by atoms with Crippen LogP contribution in [0, 0.1) is 0 Å². The van der Waals surface area contributed by atoms with Gasteiger partial charge in [-0.25, -0.2) is 0 Å². The predicted octanol–water partition coefficient (Wildman–Crippen LogP) is 5.18. The highest BCUT2D eigenvalue weighted by atomic mass is 16.5. The summed E-state index contributed by atoms with van der Waals surface area (Å²) >= 11 is 0. The van der Waals surface area contributed by atoms with E-state index in [0.717, 1.165) is 34.3 Å². The Morgan fingerprint density at radius 1 is 0.560 bits per heavy atom. The maximum atomic E-state index is 5.58. The zero-order chi connectivity index (χ0) is 17.6. The van der Waals surface area contributed by atoms with Gasteiger partial charge in [-0.1, -0.05) is 24.3 Å². The van der Waals surface area contributed by atoms with E-state index in [9.17, 15) is 0 Å². The number of para-hydroxylation sites is 4. The number of nitrogens with zero attached hydrogens (tertiary/aromatic N) is 1. The van der Waals surface area contributed by atoms with Crippen molar-refractivity contribution in [3.8, 4) is 17.2 Å². The fourth-order valence-corrected chi connectivity index (χ4v) is 2.77. The molecule has 0 bridgehead atoms. The molecular formula is C21H21NO3. The Morgan fingerprint density at radius 3 is 1.48 bits per heavy atom. The molecule has 0 aliphatic heterocycles. The maximum Gasteiger partial charge on any atom is 0.142 e. The lowest BCUT2D eigenvalue weighted by atomic mass is 10.1. The lowest BCUT2D eigenvalue weighted by Crippen LogP contribution is -2.12. The van der Waals surface area contributed by atoms with Gasteiger partial charge in [0.2, 0.25) is 0 Å². The van der Waals surface area contributed by atoms with Gasteiger partial charge in [-0.2, -0.15) is 0 Å². The Bertz CT molecular complexity index is 783. The molecule has 3 aromatic carbocycles. The third-order valence-electron chi connectivity index (χ3n) is 3.98. The van der Waals surface area contributed by atoms with Crippen molar-refractivity contribution in [2.75, 3.05) is 26.2 Å². The molecule has 0 saturated heterocycles. The maximum absolute atomic E-state index is 5.58. The highest BCUT2D eigenvalue weighted by Crippen LogP contribution is 2.43. The average molecular weight is 335 g/mol. The third-order valence-corrected chi connectivity index (χ3v) is 3.98. The molecule has 25 heavy (non-hydrogen) atoms. The van der Waals surface area contributed by atoms with E-state index in [1.165, 1.54) is 0 Å². The fourth-order valence-electron chi connectivity index (χ4n) is 2.77. The molecule has 0 amide bonds. The van der Waals surface area contributed by atoms with Crippen LogP contribution in [0.2, 0.25) is 0 Å². The molecule has 0 aliphatic rings. The largest absolute Gasteiger partial charge is 0.497 e. The minimum absolute atomic E-state index is 0.782. The van der Waals surface area contributed by atoms with Crippen molar-refractivity contribution in [1.82, 2.24) is 0 Å². The van der Waals surface area contributed by atoms with Gasteiger partial charge in [0, 0.05) is 5.69 Å². The van der Waals surface area contributed by atoms with E-state index in [-0.39, 0.29) is 0 Å². The van der Waals surface area contributed by atoms with Crippen molar-refractivity contribution in [2.45, 2.75) is 0 Å². The van der Waals surface area contributed by atoms with E-state index in [4.69, 9.17) is 14.2 Å². The number of ether oxygens (including phenoxy) is 3. The summed E-state index contributed by atoms with van der Waals surface area (Å²) in [7, 11) is 5.01. The van der Waals surface area contributed by atoms with Gasteiger partial charge in [0.05, 0.1) is 32.7 Å². The van der Waals surface area contributed by atoms with Crippen LogP contribution in [0.5, 0.6) is 17.2 Å². The zero-order valence-corrected chi connectivity index (χ0v) is 14.6. The summed E-state index contributed by atoms with van der Waals surface area (Å²) < 4.78 is 16.4. The summed E-state index contributed by atoms with van der Waals surface area (Å²) in [4.78, 5) is 2.11. The van der Waals surface area contributed by atoms with Crippen LogP contribution in [0.4, 0.5) is 17.1 Å². The normalized spacial score (nSPS) is 10.2. The lowest BCUT2D eigenvalue weighted by molar-refractivity contribution is 0.412. The molecule has 0 heterocycles. The molecule has 0 fully saturated rings. The van der Waals surface area contributed by atoms with Gasteiger partial charge in [0.1, 0.15) is 17.2 Å². The highest BCUT2D eigenvalue weighted by molar-refractivity contribution is 5.83. The topological polar surface area (TPSA) is 30.9 Å². The summed E-state index contributed by atoms with van der Waals surface area (Å²) in [6.07, 6.45) is 0. The van der Waals surface area contributed by atoms with Crippen LogP contribution >= 0.6 is 0 Å².